The van der Waals surface area contributed by atoms with Crippen molar-refractivity contribution in [2.75, 3.05) is 0 Å². The summed E-state index contributed by atoms with van der Waals surface area (Å²) in [4.78, 5) is 0. The van der Waals surface area contributed by atoms with Crippen LogP contribution in [-0.2, 0) is 0 Å². The monoisotopic (exact) mass is 231 g/mol. The average molecular weight is 232 g/mol. The van der Waals surface area contributed by atoms with Crippen molar-refractivity contribution in [3.63, 3.8) is 0 Å². The molecule has 16 heavy (non-hydrogen) atoms. The molecule has 2 heteroatoms. The Hall–Kier alpha value is -1.47. The highest BCUT2D eigenvalue weighted by molar-refractivity contribution is 6.30. The molecule has 1 nitrogen and oxygen atoms in total. The average Bonchev–Trinajstić information content (AvgIpc) is 2.30. The molecule has 0 atom stereocenters. The van der Waals surface area contributed by atoms with Gasteiger partial charge in [0, 0.05) is 5.02 Å². The van der Waals surface area contributed by atoms with Crippen LogP contribution in [0.5, 0.6) is 11.5 Å². The van der Waals surface area contributed by atoms with Crippen molar-refractivity contribution in [1.29, 1.82) is 0 Å². The zero-order valence-electron chi connectivity index (χ0n) is 8.98. The Balaban J connectivity index is 2.14. The fourth-order valence-corrected chi connectivity index (χ4v) is 1.58. The molecule has 1 radical (unpaired) electrons. The predicted octanol–water partition coefficient (Wildman–Crippen LogP) is 4.70. The van der Waals surface area contributed by atoms with Gasteiger partial charge in [-0.15, -0.1) is 0 Å². The van der Waals surface area contributed by atoms with Gasteiger partial charge in [-0.3, -0.25) is 0 Å². The second-order valence-corrected chi connectivity index (χ2v) is 3.85. The number of hydrogen-bond acceptors (Lipinski definition) is 1. The Bertz CT molecular complexity index is 462. The van der Waals surface area contributed by atoms with Gasteiger partial charge in [0.1, 0.15) is 11.5 Å². The molecule has 0 aromatic heterocycles. The summed E-state index contributed by atoms with van der Waals surface area (Å²) in [5.41, 5.74) is 1.18. The predicted molar refractivity (Wildman–Crippen MR) is 67.0 cm³/mol. The first kappa shape index (κ1) is 11.0. The molecule has 0 heterocycles. The SMILES string of the molecule is C[CH]c1ccc(Oc2cccc(Cl)c2)cc1. The molecular formula is C14H12ClO. The van der Waals surface area contributed by atoms with Crippen molar-refractivity contribution < 1.29 is 4.74 Å². The van der Waals surface area contributed by atoms with Crippen LogP contribution in [0.3, 0.4) is 0 Å². The summed E-state index contributed by atoms with van der Waals surface area (Å²) in [6.07, 6.45) is 2.04. The standard InChI is InChI=1S/C14H12ClO/c1-2-11-6-8-13(9-7-11)16-14-5-3-4-12(15)10-14/h2-10H,1H3. The number of halogens is 1. The van der Waals surface area contributed by atoms with Crippen molar-refractivity contribution in [1.82, 2.24) is 0 Å². The van der Waals surface area contributed by atoms with Gasteiger partial charge in [0.25, 0.3) is 0 Å². The lowest BCUT2D eigenvalue weighted by molar-refractivity contribution is 0.482. The van der Waals surface area contributed by atoms with Gasteiger partial charge in [-0.05, 0) is 42.3 Å². The first-order valence-electron chi connectivity index (χ1n) is 5.11. The zero-order valence-corrected chi connectivity index (χ0v) is 9.74. The third-order valence-electron chi connectivity index (χ3n) is 2.25. The van der Waals surface area contributed by atoms with Gasteiger partial charge in [0.15, 0.2) is 0 Å². The van der Waals surface area contributed by atoms with Gasteiger partial charge in [-0.2, -0.15) is 0 Å². The quantitative estimate of drug-likeness (QED) is 0.744. The summed E-state index contributed by atoms with van der Waals surface area (Å²) in [5.74, 6) is 1.56. The minimum atomic E-state index is 0.677. The van der Waals surface area contributed by atoms with Gasteiger partial charge in [0.05, 0.1) is 0 Å². The van der Waals surface area contributed by atoms with Gasteiger partial charge in [-0.25, -0.2) is 0 Å². The van der Waals surface area contributed by atoms with E-state index in [4.69, 9.17) is 16.3 Å². The van der Waals surface area contributed by atoms with E-state index in [1.54, 1.807) is 6.07 Å². The van der Waals surface area contributed by atoms with E-state index in [0.717, 1.165) is 11.5 Å². The number of benzene rings is 2. The van der Waals surface area contributed by atoms with E-state index in [2.05, 4.69) is 0 Å². The lowest BCUT2D eigenvalue weighted by Gasteiger charge is -2.06. The molecule has 81 valence electrons. The van der Waals surface area contributed by atoms with Crippen molar-refractivity contribution >= 4 is 11.6 Å². The number of hydrogen-bond donors (Lipinski definition) is 0. The lowest BCUT2D eigenvalue weighted by Crippen LogP contribution is -1.84. The Morgan fingerprint density at radius 3 is 2.38 bits per heavy atom. The van der Waals surface area contributed by atoms with Gasteiger partial charge in [-0.1, -0.05) is 36.7 Å². The molecule has 2 aromatic carbocycles. The van der Waals surface area contributed by atoms with Crippen LogP contribution in [0.1, 0.15) is 12.5 Å². The molecule has 0 spiro atoms. The normalized spacial score (nSPS) is 10.1. The van der Waals surface area contributed by atoms with Crippen molar-refractivity contribution in [3.8, 4) is 11.5 Å². The molecule has 0 saturated heterocycles. The molecule has 0 aliphatic carbocycles. The van der Waals surface area contributed by atoms with E-state index in [1.807, 2.05) is 55.8 Å². The van der Waals surface area contributed by atoms with Crippen molar-refractivity contribution in [2.24, 2.45) is 0 Å². The van der Waals surface area contributed by atoms with Crippen LogP contribution in [0.25, 0.3) is 0 Å². The molecule has 0 unspecified atom stereocenters. The Labute approximate surface area is 101 Å². The van der Waals surface area contributed by atoms with Gasteiger partial charge >= 0.3 is 0 Å². The highest BCUT2D eigenvalue weighted by atomic mass is 35.5. The molecule has 0 aliphatic heterocycles. The topological polar surface area (TPSA) is 9.23 Å². The van der Waals surface area contributed by atoms with Gasteiger partial charge in [0.2, 0.25) is 0 Å². The van der Waals surface area contributed by atoms with Crippen LogP contribution >= 0.6 is 11.6 Å². The van der Waals surface area contributed by atoms with Crippen molar-refractivity contribution in [3.05, 3.63) is 65.5 Å². The summed E-state index contributed by atoms with van der Waals surface area (Å²) in [7, 11) is 0. The van der Waals surface area contributed by atoms with Gasteiger partial charge < -0.3 is 4.74 Å². The van der Waals surface area contributed by atoms with Crippen LogP contribution in [0.4, 0.5) is 0 Å². The minimum absolute atomic E-state index is 0.677. The molecule has 0 amide bonds. The molecule has 2 aromatic rings. The summed E-state index contributed by atoms with van der Waals surface area (Å²) in [6, 6.07) is 15.3. The number of rotatable bonds is 3. The number of ether oxygens (including phenoxy) is 1. The first-order chi connectivity index (χ1) is 7.78. The molecule has 0 fully saturated rings. The largest absolute Gasteiger partial charge is 0.457 e. The zero-order chi connectivity index (χ0) is 11.4. The van der Waals surface area contributed by atoms with Crippen LogP contribution in [-0.4, -0.2) is 0 Å². The van der Waals surface area contributed by atoms with Crippen LogP contribution < -0.4 is 4.74 Å². The van der Waals surface area contributed by atoms with Crippen LogP contribution in [0.15, 0.2) is 48.5 Å². The van der Waals surface area contributed by atoms with E-state index in [0.29, 0.717) is 5.02 Å². The van der Waals surface area contributed by atoms with E-state index in [1.165, 1.54) is 5.56 Å². The Kier molecular flexibility index (Phi) is 3.47. The summed E-state index contributed by atoms with van der Waals surface area (Å²) >= 11 is 5.87. The highest BCUT2D eigenvalue weighted by Gasteiger charge is 1.98. The van der Waals surface area contributed by atoms with E-state index >= 15 is 0 Å². The summed E-state index contributed by atoms with van der Waals surface area (Å²) < 4.78 is 5.66. The van der Waals surface area contributed by atoms with E-state index in [-0.39, 0.29) is 0 Å². The lowest BCUT2D eigenvalue weighted by atomic mass is 10.2. The molecule has 0 saturated carbocycles. The summed E-state index contributed by atoms with van der Waals surface area (Å²) in [5, 5.41) is 0.677. The van der Waals surface area contributed by atoms with E-state index < -0.39 is 0 Å². The van der Waals surface area contributed by atoms with Crippen molar-refractivity contribution in [2.45, 2.75) is 6.92 Å². The molecule has 0 aliphatic rings. The first-order valence-corrected chi connectivity index (χ1v) is 5.48. The minimum Gasteiger partial charge on any atom is -0.457 e. The Morgan fingerprint density at radius 1 is 1.00 bits per heavy atom. The smallest absolute Gasteiger partial charge is 0.128 e. The maximum atomic E-state index is 5.87. The molecule has 0 bridgehead atoms. The Morgan fingerprint density at radius 2 is 1.75 bits per heavy atom. The van der Waals surface area contributed by atoms with Crippen LogP contribution in [0, 0.1) is 6.42 Å². The fraction of sp³-hybridized carbons (Fsp3) is 0.0714. The van der Waals surface area contributed by atoms with Crippen LogP contribution in [0.2, 0.25) is 5.02 Å². The second-order valence-electron chi connectivity index (χ2n) is 3.42. The maximum absolute atomic E-state index is 5.87. The summed E-state index contributed by atoms with van der Waals surface area (Å²) in [6.45, 7) is 2.01. The fourth-order valence-electron chi connectivity index (χ4n) is 1.39. The molecule has 0 N–H and O–H groups in total. The molecular weight excluding hydrogens is 220 g/mol. The second kappa shape index (κ2) is 5.04. The van der Waals surface area contributed by atoms with E-state index in [9.17, 15) is 0 Å². The molecule has 2 rings (SSSR count). The maximum Gasteiger partial charge on any atom is 0.128 e. The third kappa shape index (κ3) is 2.77. The third-order valence-corrected chi connectivity index (χ3v) is 2.48. The highest BCUT2D eigenvalue weighted by Crippen LogP contribution is 2.24.